The number of piperazine rings is 1. The maximum atomic E-state index is 11.8. The van der Waals surface area contributed by atoms with Crippen molar-refractivity contribution in [2.45, 2.75) is 19.4 Å². The summed E-state index contributed by atoms with van der Waals surface area (Å²) in [5.74, 6) is -0.952. The van der Waals surface area contributed by atoms with E-state index in [1.54, 1.807) is 13.0 Å². The maximum Gasteiger partial charge on any atom is 0.310 e. The van der Waals surface area contributed by atoms with Crippen LogP contribution in [-0.2, 0) is 9.59 Å². The number of carbonyl (C=O) groups is 2. The first kappa shape index (κ1) is 14.3. The van der Waals surface area contributed by atoms with Crippen molar-refractivity contribution in [1.29, 1.82) is 0 Å². The third-order valence-corrected chi connectivity index (χ3v) is 3.40. The fourth-order valence-corrected chi connectivity index (χ4v) is 2.48. The monoisotopic (exact) mass is 297 g/mol. The highest BCUT2D eigenvalue weighted by atomic mass is 35.5. The van der Waals surface area contributed by atoms with E-state index in [-0.39, 0.29) is 22.9 Å². The SMILES string of the molecule is CCC1C(=O)NC(=O)CN1c1cccc(Cl)c1[N+](=O)[O-]. The Kier molecular flexibility index (Phi) is 3.89. The Morgan fingerprint density at radius 3 is 2.80 bits per heavy atom. The average molecular weight is 298 g/mol. The predicted octanol–water partition coefficient (Wildman–Crippen LogP) is 1.49. The number of nitrogens with one attached hydrogen (secondary N) is 1. The van der Waals surface area contributed by atoms with Gasteiger partial charge in [-0.15, -0.1) is 0 Å². The molecule has 1 unspecified atom stereocenters. The van der Waals surface area contributed by atoms with Crippen LogP contribution in [0.4, 0.5) is 11.4 Å². The Bertz CT molecular complexity index is 590. The van der Waals surface area contributed by atoms with Gasteiger partial charge in [-0.25, -0.2) is 0 Å². The van der Waals surface area contributed by atoms with E-state index < -0.39 is 22.8 Å². The van der Waals surface area contributed by atoms with Crippen LogP contribution in [0.25, 0.3) is 0 Å². The Labute approximate surface area is 119 Å². The molecule has 8 heteroatoms. The summed E-state index contributed by atoms with van der Waals surface area (Å²) in [6, 6.07) is 3.80. The number of rotatable bonds is 3. The molecule has 0 saturated carbocycles. The van der Waals surface area contributed by atoms with Gasteiger partial charge >= 0.3 is 5.69 Å². The summed E-state index contributed by atoms with van der Waals surface area (Å²) in [7, 11) is 0. The Balaban J connectivity index is 2.53. The molecule has 20 heavy (non-hydrogen) atoms. The topological polar surface area (TPSA) is 92.6 Å². The van der Waals surface area contributed by atoms with Crippen molar-refractivity contribution in [2.24, 2.45) is 0 Å². The van der Waals surface area contributed by atoms with Gasteiger partial charge < -0.3 is 4.90 Å². The van der Waals surface area contributed by atoms with Gasteiger partial charge in [-0.2, -0.15) is 0 Å². The molecule has 1 aliphatic rings. The van der Waals surface area contributed by atoms with Crippen LogP contribution in [-0.4, -0.2) is 29.3 Å². The summed E-state index contributed by atoms with van der Waals surface area (Å²) in [5, 5.41) is 13.3. The Morgan fingerprint density at radius 1 is 1.50 bits per heavy atom. The van der Waals surface area contributed by atoms with E-state index in [9.17, 15) is 19.7 Å². The van der Waals surface area contributed by atoms with E-state index in [0.29, 0.717) is 6.42 Å². The van der Waals surface area contributed by atoms with Crippen LogP contribution in [0.5, 0.6) is 0 Å². The van der Waals surface area contributed by atoms with Gasteiger partial charge in [-0.1, -0.05) is 24.6 Å². The number of imide groups is 1. The molecular formula is C12H12ClN3O4. The van der Waals surface area contributed by atoms with Crippen molar-refractivity contribution in [1.82, 2.24) is 5.32 Å². The molecule has 2 rings (SSSR count). The van der Waals surface area contributed by atoms with Gasteiger partial charge in [-0.3, -0.25) is 25.0 Å². The highest BCUT2D eigenvalue weighted by Crippen LogP contribution is 2.36. The number of para-hydroxylation sites is 1. The summed E-state index contributed by atoms with van der Waals surface area (Å²) in [4.78, 5) is 35.3. The van der Waals surface area contributed by atoms with Crippen molar-refractivity contribution in [3.8, 4) is 0 Å². The zero-order valence-corrected chi connectivity index (χ0v) is 11.4. The Morgan fingerprint density at radius 2 is 2.20 bits per heavy atom. The van der Waals surface area contributed by atoms with E-state index in [0.717, 1.165) is 0 Å². The molecule has 0 bridgehead atoms. The van der Waals surface area contributed by atoms with Crippen molar-refractivity contribution in [2.75, 3.05) is 11.4 Å². The first-order chi connectivity index (χ1) is 9.45. The van der Waals surface area contributed by atoms with Crippen LogP contribution in [0.3, 0.4) is 0 Å². The Hall–Kier alpha value is -2.15. The van der Waals surface area contributed by atoms with Gasteiger partial charge in [0.2, 0.25) is 11.8 Å². The molecule has 1 atom stereocenters. The molecule has 1 N–H and O–H groups in total. The third kappa shape index (κ3) is 2.44. The summed E-state index contributed by atoms with van der Waals surface area (Å²) in [6.07, 6.45) is 0.419. The van der Waals surface area contributed by atoms with E-state index in [4.69, 9.17) is 11.6 Å². The van der Waals surface area contributed by atoms with E-state index in [1.165, 1.54) is 17.0 Å². The summed E-state index contributed by atoms with van der Waals surface area (Å²) < 4.78 is 0. The van der Waals surface area contributed by atoms with Gasteiger partial charge in [0.1, 0.15) is 16.8 Å². The van der Waals surface area contributed by atoms with E-state index >= 15 is 0 Å². The smallest absolute Gasteiger partial charge is 0.310 e. The maximum absolute atomic E-state index is 11.8. The molecule has 1 saturated heterocycles. The molecule has 1 heterocycles. The molecule has 1 aromatic carbocycles. The zero-order chi connectivity index (χ0) is 14.9. The minimum Gasteiger partial charge on any atom is -0.345 e. The minimum absolute atomic E-state index is 0.0271. The number of nitro groups is 1. The van der Waals surface area contributed by atoms with Crippen LogP contribution in [0.2, 0.25) is 5.02 Å². The van der Waals surface area contributed by atoms with E-state index in [1.807, 2.05) is 0 Å². The van der Waals surface area contributed by atoms with Gasteiger partial charge in [0, 0.05) is 0 Å². The highest BCUT2D eigenvalue weighted by Gasteiger charge is 2.36. The minimum atomic E-state index is -0.634. The van der Waals surface area contributed by atoms with Crippen molar-refractivity contribution in [3.05, 3.63) is 33.3 Å². The van der Waals surface area contributed by atoms with Gasteiger partial charge in [0.15, 0.2) is 0 Å². The van der Waals surface area contributed by atoms with E-state index in [2.05, 4.69) is 5.32 Å². The summed E-state index contributed by atoms with van der Waals surface area (Å²) >= 11 is 5.85. The third-order valence-electron chi connectivity index (χ3n) is 3.10. The summed E-state index contributed by atoms with van der Waals surface area (Å²) in [6.45, 7) is 1.65. The number of anilines is 1. The zero-order valence-electron chi connectivity index (χ0n) is 10.6. The van der Waals surface area contributed by atoms with Crippen LogP contribution in [0, 0.1) is 10.1 Å². The fraction of sp³-hybridized carbons (Fsp3) is 0.333. The number of hydrogen-bond acceptors (Lipinski definition) is 5. The summed E-state index contributed by atoms with van der Waals surface area (Å²) in [5.41, 5.74) is -0.118. The van der Waals surface area contributed by atoms with Gasteiger partial charge in [0.25, 0.3) is 0 Å². The quantitative estimate of drug-likeness (QED) is 0.518. The van der Waals surface area contributed by atoms with Crippen molar-refractivity contribution in [3.63, 3.8) is 0 Å². The molecule has 0 aliphatic carbocycles. The van der Waals surface area contributed by atoms with Crippen molar-refractivity contribution >= 4 is 34.8 Å². The average Bonchev–Trinajstić information content (AvgIpc) is 2.37. The lowest BCUT2D eigenvalue weighted by Crippen LogP contribution is -2.58. The van der Waals surface area contributed by atoms with Gasteiger partial charge in [0.05, 0.1) is 11.5 Å². The molecule has 0 spiro atoms. The second kappa shape index (κ2) is 5.46. The molecule has 2 amide bonds. The predicted molar refractivity (Wildman–Crippen MR) is 72.7 cm³/mol. The second-order valence-electron chi connectivity index (χ2n) is 4.33. The second-order valence-corrected chi connectivity index (χ2v) is 4.74. The molecular weight excluding hydrogens is 286 g/mol. The molecule has 0 radical (unpaired) electrons. The number of hydrogen-bond donors (Lipinski definition) is 1. The number of benzene rings is 1. The normalized spacial score (nSPS) is 18.9. The number of carbonyl (C=O) groups excluding carboxylic acids is 2. The molecule has 1 aliphatic heterocycles. The largest absolute Gasteiger partial charge is 0.345 e. The van der Waals surface area contributed by atoms with Crippen LogP contribution in [0.1, 0.15) is 13.3 Å². The molecule has 7 nitrogen and oxygen atoms in total. The number of nitrogens with zero attached hydrogens (tertiary/aromatic N) is 2. The number of amides is 2. The number of halogens is 1. The molecule has 0 aromatic heterocycles. The lowest BCUT2D eigenvalue weighted by atomic mass is 10.1. The lowest BCUT2D eigenvalue weighted by molar-refractivity contribution is -0.384. The lowest BCUT2D eigenvalue weighted by Gasteiger charge is -2.34. The number of nitro benzene ring substituents is 1. The van der Waals surface area contributed by atoms with Crippen molar-refractivity contribution < 1.29 is 14.5 Å². The highest BCUT2D eigenvalue weighted by molar-refractivity contribution is 6.33. The van der Waals surface area contributed by atoms with Crippen LogP contribution < -0.4 is 10.2 Å². The molecule has 1 aromatic rings. The first-order valence-electron chi connectivity index (χ1n) is 5.99. The van der Waals surface area contributed by atoms with Gasteiger partial charge in [-0.05, 0) is 18.6 Å². The standard InChI is InChI=1S/C12H12ClN3O4/c1-2-8-12(18)14-10(17)6-15(8)9-5-3-4-7(13)11(9)16(19)20/h3-5,8H,2,6H2,1H3,(H,14,17,18). The van der Waals surface area contributed by atoms with Crippen LogP contribution in [0.15, 0.2) is 18.2 Å². The molecule has 1 fully saturated rings. The molecule has 106 valence electrons. The first-order valence-corrected chi connectivity index (χ1v) is 6.36. The van der Waals surface area contributed by atoms with Crippen LogP contribution >= 0.6 is 11.6 Å². The fourth-order valence-electron chi connectivity index (χ4n) is 2.24.